The molecule has 80 valence electrons. The molecule has 0 radical (unpaired) electrons. The number of nitrogens with two attached hydrogens (primary N) is 1. The van der Waals surface area contributed by atoms with Gasteiger partial charge in [0.2, 0.25) is 5.91 Å². The Bertz CT molecular complexity index is 411. The van der Waals surface area contributed by atoms with Crippen molar-refractivity contribution in [3.63, 3.8) is 0 Å². The quantitative estimate of drug-likeness (QED) is 0.803. The van der Waals surface area contributed by atoms with Crippen LogP contribution in [-0.4, -0.2) is 10.9 Å². The fourth-order valence-corrected chi connectivity index (χ4v) is 1.23. The average molecular weight is 247 g/mol. The summed E-state index contributed by atoms with van der Waals surface area (Å²) in [6.07, 6.45) is -0.114. The highest BCUT2D eigenvalue weighted by Crippen LogP contribution is 2.18. The van der Waals surface area contributed by atoms with Gasteiger partial charge in [0.25, 0.3) is 0 Å². The summed E-state index contributed by atoms with van der Waals surface area (Å²) in [6, 6.07) is 3.95. The lowest BCUT2D eigenvalue weighted by Gasteiger charge is -2.05. The van der Waals surface area contributed by atoms with E-state index >= 15 is 0 Å². The van der Waals surface area contributed by atoms with Gasteiger partial charge in [0.15, 0.2) is 0 Å². The van der Waals surface area contributed by atoms with E-state index in [-0.39, 0.29) is 22.1 Å². The molecule has 0 aliphatic heterocycles. The van der Waals surface area contributed by atoms with Gasteiger partial charge in [-0.25, -0.2) is 4.39 Å². The zero-order valence-corrected chi connectivity index (χ0v) is 9.16. The lowest BCUT2D eigenvalue weighted by Crippen LogP contribution is -2.20. The monoisotopic (exact) mass is 246 g/mol. The molecule has 3 N–H and O–H groups in total. The van der Waals surface area contributed by atoms with Crippen molar-refractivity contribution in [3.05, 3.63) is 29.0 Å². The van der Waals surface area contributed by atoms with E-state index in [1.54, 1.807) is 0 Å². The second-order valence-corrected chi connectivity index (χ2v) is 3.78. The number of benzene rings is 1. The number of carbonyl (C=O) groups excluding carboxylic acids is 1. The van der Waals surface area contributed by atoms with E-state index < -0.39 is 11.7 Å². The summed E-state index contributed by atoms with van der Waals surface area (Å²) in [5.74, 6) is -1.05. The summed E-state index contributed by atoms with van der Waals surface area (Å²) in [6.45, 7) is 0. The van der Waals surface area contributed by atoms with Crippen LogP contribution < -0.4 is 11.1 Å². The molecule has 0 saturated carbocycles. The van der Waals surface area contributed by atoms with Gasteiger partial charge in [-0.15, -0.1) is 0 Å². The van der Waals surface area contributed by atoms with Crippen molar-refractivity contribution < 1.29 is 9.18 Å². The third kappa shape index (κ3) is 3.81. The van der Waals surface area contributed by atoms with Crippen molar-refractivity contribution >= 4 is 40.4 Å². The number of rotatable bonds is 3. The van der Waals surface area contributed by atoms with Crippen LogP contribution in [0.15, 0.2) is 18.2 Å². The summed E-state index contributed by atoms with van der Waals surface area (Å²) in [7, 11) is 0. The first-order chi connectivity index (χ1) is 6.99. The fraction of sp³-hybridized carbons (Fsp3) is 0.111. The summed E-state index contributed by atoms with van der Waals surface area (Å²) < 4.78 is 13.2. The molecule has 0 fully saturated rings. The molecular weight excluding hydrogens is 239 g/mol. The number of anilines is 1. The summed E-state index contributed by atoms with van der Waals surface area (Å²) >= 11 is 10.1. The standard InChI is InChI=1S/C9H8ClFN2OS/c10-5-1-2-7(6(11)3-5)13-9(14)4-8(12)15/h1-3H,4H2,(H2,12,15)(H,13,14). The number of nitrogens with one attached hydrogen (secondary N) is 1. The molecule has 1 amide bonds. The minimum absolute atomic E-state index is 0.0562. The third-order valence-corrected chi connectivity index (χ3v) is 1.92. The van der Waals surface area contributed by atoms with Crippen molar-refractivity contribution in [2.75, 3.05) is 5.32 Å². The first-order valence-corrected chi connectivity index (χ1v) is 4.81. The molecule has 1 rings (SSSR count). The topological polar surface area (TPSA) is 55.1 Å². The van der Waals surface area contributed by atoms with Crippen LogP contribution in [0.4, 0.5) is 10.1 Å². The Morgan fingerprint density at radius 1 is 1.60 bits per heavy atom. The lowest BCUT2D eigenvalue weighted by atomic mass is 10.3. The lowest BCUT2D eigenvalue weighted by molar-refractivity contribution is -0.115. The van der Waals surface area contributed by atoms with Crippen molar-refractivity contribution in [1.29, 1.82) is 0 Å². The Labute approximate surface area is 96.4 Å². The van der Waals surface area contributed by atoms with Gasteiger partial charge in [-0.3, -0.25) is 4.79 Å². The molecule has 15 heavy (non-hydrogen) atoms. The van der Waals surface area contributed by atoms with Crippen LogP contribution in [0.1, 0.15) is 6.42 Å². The van der Waals surface area contributed by atoms with Crippen LogP contribution >= 0.6 is 23.8 Å². The largest absolute Gasteiger partial charge is 0.393 e. The van der Waals surface area contributed by atoms with Crippen LogP contribution in [0.2, 0.25) is 5.02 Å². The summed E-state index contributed by atoms with van der Waals surface area (Å²) in [5, 5.41) is 2.59. The van der Waals surface area contributed by atoms with E-state index in [2.05, 4.69) is 17.5 Å². The molecule has 3 nitrogen and oxygen atoms in total. The zero-order chi connectivity index (χ0) is 11.4. The fourth-order valence-electron chi connectivity index (χ4n) is 0.943. The normalized spacial score (nSPS) is 9.73. The number of halogens is 2. The Morgan fingerprint density at radius 3 is 2.80 bits per heavy atom. The predicted octanol–water partition coefficient (Wildman–Crippen LogP) is 2.09. The van der Waals surface area contributed by atoms with Gasteiger partial charge in [0.1, 0.15) is 5.82 Å². The maximum atomic E-state index is 13.2. The molecule has 1 aromatic rings. The molecule has 0 atom stereocenters. The van der Waals surface area contributed by atoms with Gasteiger partial charge >= 0.3 is 0 Å². The van der Waals surface area contributed by atoms with E-state index in [1.165, 1.54) is 12.1 Å². The average Bonchev–Trinajstić information content (AvgIpc) is 2.08. The second-order valence-electron chi connectivity index (χ2n) is 2.82. The highest BCUT2D eigenvalue weighted by Gasteiger charge is 2.07. The number of hydrogen-bond donors (Lipinski definition) is 2. The molecule has 0 aliphatic carbocycles. The van der Waals surface area contributed by atoms with Gasteiger partial charge in [-0.2, -0.15) is 0 Å². The second kappa shape index (κ2) is 5.04. The maximum absolute atomic E-state index is 13.2. The van der Waals surface area contributed by atoms with E-state index in [0.29, 0.717) is 0 Å². The zero-order valence-electron chi connectivity index (χ0n) is 7.59. The number of hydrogen-bond acceptors (Lipinski definition) is 2. The molecule has 0 saturated heterocycles. The Morgan fingerprint density at radius 2 is 2.27 bits per heavy atom. The van der Waals surface area contributed by atoms with Crippen molar-refractivity contribution in [2.24, 2.45) is 5.73 Å². The first kappa shape index (κ1) is 11.9. The predicted molar refractivity (Wildman–Crippen MR) is 61.4 cm³/mol. The molecule has 0 aromatic heterocycles. The Hall–Kier alpha value is -1.20. The van der Waals surface area contributed by atoms with Crippen LogP contribution in [0.25, 0.3) is 0 Å². The van der Waals surface area contributed by atoms with Crippen LogP contribution in [0.5, 0.6) is 0 Å². The molecule has 1 aromatic carbocycles. The highest BCUT2D eigenvalue weighted by molar-refractivity contribution is 7.80. The molecular formula is C9H8ClFN2OS. The van der Waals surface area contributed by atoms with Gasteiger partial charge in [0.05, 0.1) is 17.1 Å². The SMILES string of the molecule is NC(=S)CC(=O)Nc1ccc(Cl)cc1F. The molecule has 0 spiro atoms. The van der Waals surface area contributed by atoms with Crippen LogP contribution in [0, 0.1) is 5.82 Å². The number of amides is 1. The van der Waals surface area contributed by atoms with E-state index in [9.17, 15) is 9.18 Å². The Balaban J connectivity index is 2.72. The van der Waals surface area contributed by atoms with E-state index in [0.717, 1.165) is 6.07 Å². The van der Waals surface area contributed by atoms with Crippen LogP contribution in [0.3, 0.4) is 0 Å². The van der Waals surface area contributed by atoms with Gasteiger partial charge in [-0.05, 0) is 18.2 Å². The third-order valence-electron chi connectivity index (χ3n) is 1.54. The van der Waals surface area contributed by atoms with Crippen molar-refractivity contribution in [1.82, 2.24) is 0 Å². The van der Waals surface area contributed by atoms with E-state index in [4.69, 9.17) is 17.3 Å². The number of thiocarbonyl (C=S) groups is 1. The minimum atomic E-state index is -0.598. The highest BCUT2D eigenvalue weighted by atomic mass is 35.5. The maximum Gasteiger partial charge on any atom is 0.231 e. The van der Waals surface area contributed by atoms with Gasteiger partial charge in [0, 0.05) is 5.02 Å². The smallest absolute Gasteiger partial charge is 0.231 e. The number of carbonyl (C=O) groups is 1. The molecule has 0 heterocycles. The van der Waals surface area contributed by atoms with Gasteiger partial charge < -0.3 is 11.1 Å². The molecule has 0 unspecified atom stereocenters. The van der Waals surface area contributed by atoms with E-state index in [1.807, 2.05) is 0 Å². The van der Waals surface area contributed by atoms with Crippen LogP contribution in [-0.2, 0) is 4.79 Å². The van der Waals surface area contributed by atoms with Gasteiger partial charge in [-0.1, -0.05) is 23.8 Å². The molecule has 0 aliphatic rings. The van der Waals surface area contributed by atoms with Crippen molar-refractivity contribution in [3.8, 4) is 0 Å². The summed E-state index contributed by atoms with van der Waals surface area (Å²) in [5.41, 5.74) is 5.22. The first-order valence-electron chi connectivity index (χ1n) is 4.02. The molecule has 6 heteroatoms. The minimum Gasteiger partial charge on any atom is -0.393 e. The summed E-state index contributed by atoms with van der Waals surface area (Å²) in [4.78, 5) is 11.2. The molecule has 0 bridgehead atoms. The van der Waals surface area contributed by atoms with Crippen molar-refractivity contribution in [2.45, 2.75) is 6.42 Å². The Kier molecular flexibility index (Phi) is 3.99.